The summed E-state index contributed by atoms with van der Waals surface area (Å²) in [5.74, 6) is -0.626. The van der Waals surface area contributed by atoms with E-state index in [1.54, 1.807) is 6.07 Å². The maximum Gasteiger partial charge on any atom is 0.271 e. The number of hydrogen-bond donors (Lipinski definition) is 3. The number of phenolic OH excluding ortho intramolecular Hbond substituents is 1. The van der Waals surface area contributed by atoms with E-state index in [9.17, 15) is 24.8 Å². The molecule has 0 fully saturated rings. The molecule has 2 amide bonds. The maximum absolute atomic E-state index is 12.2. The second kappa shape index (κ2) is 10.2. The molecule has 2 aromatic rings. The fourth-order valence-corrected chi connectivity index (χ4v) is 2.73. The van der Waals surface area contributed by atoms with Gasteiger partial charge in [-0.15, -0.1) is 0 Å². The van der Waals surface area contributed by atoms with Gasteiger partial charge < -0.3 is 19.9 Å². The number of halogens is 1. The van der Waals surface area contributed by atoms with Crippen molar-refractivity contribution in [1.29, 1.82) is 0 Å². The van der Waals surface area contributed by atoms with Crippen LogP contribution in [-0.2, 0) is 4.79 Å². The van der Waals surface area contributed by atoms with Gasteiger partial charge in [-0.25, -0.2) is 5.43 Å². The van der Waals surface area contributed by atoms with Gasteiger partial charge in [0.2, 0.25) is 0 Å². The zero-order chi connectivity index (χ0) is 22.3. The van der Waals surface area contributed by atoms with Crippen LogP contribution in [0.1, 0.15) is 15.9 Å². The number of amides is 2. The molecule has 0 heterocycles. The summed E-state index contributed by atoms with van der Waals surface area (Å²) in [6.07, 6.45) is 1.04. The van der Waals surface area contributed by atoms with E-state index < -0.39 is 16.7 Å². The number of nitro benzene ring substituents is 1. The van der Waals surface area contributed by atoms with Crippen LogP contribution >= 0.6 is 15.9 Å². The van der Waals surface area contributed by atoms with Crippen molar-refractivity contribution >= 4 is 39.6 Å². The normalized spacial score (nSPS) is 10.5. The Balaban J connectivity index is 1.96. The molecule has 0 saturated carbocycles. The molecule has 0 saturated heterocycles. The van der Waals surface area contributed by atoms with E-state index in [1.165, 1.54) is 26.4 Å². The third-order valence-corrected chi connectivity index (χ3v) is 4.34. The number of rotatable bonds is 8. The van der Waals surface area contributed by atoms with Gasteiger partial charge in [0.05, 0.1) is 36.4 Å². The van der Waals surface area contributed by atoms with Crippen LogP contribution in [0.5, 0.6) is 17.2 Å². The molecule has 30 heavy (non-hydrogen) atoms. The SMILES string of the molecule is COc1ccc(C(=O)NCC(=O)NN=Cc2cc([N+](=O)[O-])cc(Br)c2O)cc1OC. The summed E-state index contributed by atoms with van der Waals surface area (Å²) < 4.78 is 10.3. The van der Waals surface area contributed by atoms with Crippen LogP contribution in [0.3, 0.4) is 0 Å². The van der Waals surface area contributed by atoms with E-state index in [0.29, 0.717) is 11.5 Å². The Hall–Kier alpha value is -3.67. The lowest BCUT2D eigenvalue weighted by Gasteiger charge is -2.09. The average molecular weight is 481 g/mol. The molecule has 3 N–H and O–H groups in total. The number of methoxy groups -OCH3 is 2. The molecular formula is C18H17BrN4O7. The number of phenols is 1. The molecule has 0 atom stereocenters. The zero-order valence-electron chi connectivity index (χ0n) is 15.8. The summed E-state index contributed by atoms with van der Waals surface area (Å²) in [7, 11) is 2.90. The molecule has 0 aliphatic heterocycles. The van der Waals surface area contributed by atoms with Crippen LogP contribution in [0.15, 0.2) is 39.9 Å². The van der Waals surface area contributed by atoms with Crippen molar-refractivity contribution in [2.24, 2.45) is 5.10 Å². The molecule has 2 rings (SSSR count). The monoisotopic (exact) mass is 480 g/mol. The van der Waals surface area contributed by atoms with E-state index in [4.69, 9.17) is 9.47 Å². The van der Waals surface area contributed by atoms with E-state index in [2.05, 4.69) is 31.8 Å². The molecule has 0 radical (unpaired) electrons. The quantitative estimate of drug-likeness (QED) is 0.296. The molecule has 12 heteroatoms. The second-order valence-corrected chi connectivity index (χ2v) is 6.52. The van der Waals surface area contributed by atoms with E-state index in [1.807, 2.05) is 0 Å². The minimum absolute atomic E-state index is 0.0192. The second-order valence-electron chi connectivity index (χ2n) is 5.67. The number of carbonyl (C=O) groups is 2. The Morgan fingerprint density at radius 2 is 1.93 bits per heavy atom. The number of hydrazone groups is 1. The lowest BCUT2D eigenvalue weighted by atomic mass is 10.2. The van der Waals surface area contributed by atoms with Gasteiger partial charge in [0, 0.05) is 23.3 Å². The van der Waals surface area contributed by atoms with Crippen LogP contribution < -0.4 is 20.2 Å². The molecule has 0 unspecified atom stereocenters. The number of ether oxygens (including phenoxy) is 2. The highest BCUT2D eigenvalue weighted by Crippen LogP contribution is 2.31. The third-order valence-electron chi connectivity index (χ3n) is 3.74. The summed E-state index contributed by atoms with van der Waals surface area (Å²) in [6.45, 7) is -0.380. The van der Waals surface area contributed by atoms with Gasteiger partial charge in [0.15, 0.2) is 11.5 Å². The van der Waals surface area contributed by atoms with Crippen LogP contribution in [0.25, 0.3) is 0 Å². The third kappa shape index (κ3) is 5.67. The Morgan fingerprint density at radius 3 is 2.57 bits per heavy atom. The van der Waals surface area contributed by atoms with Crippen molar-refractivity contribution in [3.8, 4) is 17.2 Å². The van der Waals surface area contributed by atoms with Gasteiger partial charge in [-0.1, -0.05) is 0 Å². The Labute approximate surface area is 179 Å². The van der Waals surface area contributed by atoms with Gasteiger partial charge in [-0.05, 0) is 34.1 Å². The average Bonchev–Trinajstić information content (AvgIpc) is 2.74. The van der Waals surface area contributed by atoms with Gasteiger partial charge in [-0.3, -0.25) is 19.7 Å². The number of hydrogen-bond acceptors (Lipinski definition) is 8. The summed E-state index contributed by atoms with van der Waals surface area (Å²) in [4.78, 5) is 34.3. The highest BCUT2D eigenvalue weighted by atomic mass is 79.9. The molecule has 0 spiro atoms. The van der Waals surface area contributed by atoms with Gasteiger partial charge in [0.1, 0.15) is 5.75 Å². The Bertz CT molecular complexity index is 1010. The van der Waals surface area contributed by atoms with Crippen molar-refractivity contribution in [1.82, 2.24) is 10.7 Å². The standard InChI is InChI=1S/C18H17BrN4O7/c1-29-14-4-3-10(6-15(14)30-2)18(26)20-9-16(24)22-21-8-11-5-12(23(27)28)7-13(19)17(11)25/h3-8,25H,9H2,1-2H3,(H,20,26)(H,22,24). The number of nitro groups is 1. The van der Waals surface area contributed by atoms with Gasteiger partial charge >= 0.3 is 0 Å². The van der Waals surface area contributed by atoms with Gasteiger partial charge in [0.25, 0.3) is 17.5 Å². The molecule has 11 nitrogen and oxygen atoms in total. The van der Waals surface area contributed by atoms with Gasteiger partial charge in [-0.2, -0.15) is 5.10 Å². The van der Waals surface area contributed by atoms with Crippen LogP contribution in [0.2, 0.25) is 0 Å². The lowest BCUT2D eigenvalue weighted by Crippen LogP contribution is -2.34. The molecule has 2 aromatic carbocycles. The molecular weight excluding hydrogens is 464 g/mol. The fraction of sp³-hybridized carbons (Fsp3) is 0.167. The largest absolute Gasteiger partial charge is 0.506 e. The van der Waals surface area contributed by atoms with Crippen LogP contribution in [0.4, 0.5) is 5.69 Å². The number of nitrogens with one attached hydrogen (secondary N) is 2. The van der Waals surface area contributed by atoms with Crippen molar-refractivity contribution < 1.29 is 29.1 Å². The number of non-ortho nitro benzene ring substituents is 1. The molecule has 0 aromatic heterocycles. The molecule has 0 aliphatic rings. The van der Waals surface area contributed by atoms with Crippen molar-refractivity contribution in [2.45, 2.75) is 0 Å². The predicted molar refractivity (Wildman–Crippen MR) is 110 cm³/mol. The summed E-state index contributed by atoms with van der Waals surface area (Å²) in [6, 6.07) is 6.76. The summed E-state index contributed by atoms with van der Waals surface area (Å²) >= 11 is 3.00. The zero-order valence-corrected chi connectivity index (χ0v) is 17.4. The molecule has 158 valence electrons. The highest BCUT2D eigenvalue weighted by Gasteiger charge is 2.14. The van der Waals surface area contributed by atoms with E-state index in [0.717, 1.165) is 18.3 Å². The van der Waals surface area contributed by atoms with Crippen molar-refractivity contribution in [3.05, 3.63) is 56.0 Å². The topological polar surface area (TPSA) is 152 Å². The smallest absolute Gasteiger partial charge is 0.271 e. The lowest BCUT2D eigenvalue weighted by molar-refractivity contribution is -0.385. The number of nitrogens with zero attached hydrogens (tertiary/aromatic N) is 2. The Morgan fingerprint density at radius 1 is 1.23 bits per heavy atom. The first-order valence-corrected chi connectivity index (χ1v) is 9.05. The van der Waals surface area contributed by atoms with Crippen molar-refractivity contribution in [3.63, 3.8) is 0 Å². The van der Waals surface area contributed by atoms with Crippen molar-refractivity contribution in [2.75, 3.05) is 20.8 Å². The molecule has 0 bridgehead atoms. The number of benzene rings is 2. The predicted octanol–water partition coefficient (Wildman–Crippen LogP) is 1.96. The number of carbonyl (C=O) groups excluding carboxylic acids is 2. The highest BCUT2D eigenvalue weighted by molar-refractivity contribution is 9.10. The Kier molecular flexibility index (Phi) is 7.69. The first-order valence-electron chi connectivity index (χ1n) is 8.25. The minimum atomic E-state index is -0.649. The number of aromatic hydroxyl groups is 1. The maximum atomic E-state index is 12.2. The first kappa shape index (κ1) is 22.6. The van der Waals surface area contributed by atoms with Crippen LogP contribution in [-0.4, -0.2) is 48.8 Å². The summed E-state index contributed by atoms with van der Waals surface area (Å²) in [5, 5.41) is 26.8. The fourth-order valence-electron chi connectivity index (χ4n) is 2.26. The molecule has 0 aliphatic carbocycles. The first-order chi connectivity index (χ1) is 14.3. The summed E-state index contributed by atoms with van der Waals surface area (Å²) in [5.41, 5.74) is 2.16. The van der Waals surface area contributed by atoms with E-state index in [-0.39, 0.29) is 33.6 Å². The minimum Gasteiger partial charge on any atom is -0.506 e. The van der Waals surface area contributed by atoms with E-state index >= 15 is 0 Å². The van der Waals surface area contributed by atoms with Crippen LogP contribution in [0, 0.1) is 10.1 Å².